The molecule has 0 amide bonds. The molecule has 2 N–H and O–H groups in total. The molecule has 0 aliphatic carbocycles. The standard InChI is InChI=1S/C12H10ClN3S/c1-16-10-3-2-7(13)6-9(10)15-12(16)8-4-5-17-11(8)14/h2-6H,14H2,1H3. The van der Waals surface area contributed by atoms with Gasteiger partial charge in [0.15, 0.2) is 0 Å². The summed E-state index contributed by atoms with van der Waals surface area (Å²) in [4.78, 5) is 4.58. The van der Waals surface area contributed by atoms with Crippen LogP contribution < -0.4 is 5.73 Å². The Morgan fingerprint density at radius 2 is 2.18 bits per heavy atom. The molecular formula is C12H10ClN3S. The minimum Gasteiger partial charge on any atom is -0.390 e. The van der Waals surface area contributed by atoms with E-state index in [1.54, 1.807) is 0 Å². The summed E-state index contributed by atoms with van der Waals surface area (Å²) in [5.74, 6) is 0.876. The Morgan fingerprint density at radius 3 is 2.88 bits per heavy atom. The van der Waals surface area contributed by atoms with E-state index >= 15 is 0 Å². The first kappa shape index (κ1) is 10.6. The monoisotopic (exact) mass is 263 g/mol. The highest BCUT2D eigenvalue weighted by molar-refractivity contribution is 7.14. The second kappa shape index (κ2) is 3.75. The van der Waals surface area contributed by atoms with E-state index in [1.807, 2.05) is 41.3 Å². The van der Waals surface area contributed by atoms with E-state index in [9.17, 15) is 0 Å². The van der Waals surface area contributed by atoms with Crippen LogP contribution in [0.3, 0.4) is 0 Å². The number of nitrogens with two attached hydrogens (primary N) is 1. The number of hydrogen-bond donors (Lipinski definition) is 1. The van der Waals surface area contributed by atoms with Gasteiger partial charge in [0.25, 0.3) is 0 Å². The quantitative estimate of drug-likeness (QED) is 0.730. The fourth-order valence-electron chi connectivity index (χ4n) is 1.92. The number of rotatable bonds is 1. The third-order valence-corrected chi connectivity index (χ3v) is 3.76. The van der Waals surface area contributed by atoms with E-state index in [4.69, 9.17) is 17.3 Å². The molecule has 2 heterocycles. The Hall–Kier alpha value is -1.52. The van der Waals surface area contributed by atoms with Gasteiger partial charge in [0.1, 0.15) is 5.82 Å². The van der Waals surface area contributed by atoms with Crippen LogP contribution in [-0.2, 0) is 7.05 Å². The summed E-state index contributed by atoms with van der Waals surface area (Å²) in [5, 5.41) is 3.45. The van der Waals surface area contributed by atoms with Gasteiger partial charge in [-0.2, -0.15) is 0 Å². The molecule has 0 saturated carbocycles. The Bertz CT molecular complexity index is 699. The molecule has 0 unspecified atom stereocenters. The molecule has 0 fully saturated rings. The van der Waals surface area contributed by atoms with Crippen molar-refractivity contribution in [2.24, 2.45) is 7.05 Å². The Balaban J connectivity index is 2.31. The topological polar surface area (TPSA) is 43.8 Å². The molecule has 0 aliphatic heterocycles. The number of nitrogen functional groups attached to an aromatic ring is 1. The first-order chi connectivity index (χ1) is 8.16. The van der Waals surface area contributed by atoms with Crippen LogP contribution in [0.2, 0.25) is 5.02 Å². The normalized spacial score (nSPS) is 11.2. The number of fused-ring (bicyclic) bond motifs is 1. The largest absolute Gasteiger partial charge is 0.390 e. The van der Waals surface area contributed by atoms with E-state index in [0.717, 1.165) is 27.4 Å². The summed E-state index contributed by atoms with van der Waals surface area (Å²) in [6.07, 6.45) is 0. The Morgan fingerprint density at radius 1 is 1.35 bits per heavy atom. The predicted octanol–water partition coefficient (Wildman–Crippen LogP) is 3.54. The third kappa shape index (κ3) is 1.61. The van der Waals surface area contributed by atoms with Gasteiger partial charge in [0.2, 0.25) is 0 Å². The Kier molecular flexibility index (Phi) is 2.34. The van der Waals surface area contributed by atoms with Crippen molar-refractivity contribution in [3.8, 4) is 11.4 Å². The van der Waals surface area contributed by atoms with Gasteiger partial charge in [-0.25, -0.2) is 4.98 Å². The van der Waals surface area contributed by atoms with E-state index < -0.39 is 0 Å². The maximum absolute atomic E-state index is 5.96. The molecule has 0 radical (unpaired) electrons. The van der Waals surface area contributed by atoms with Gasteiger partial charge in [0, 0.05) is 12.1 Å². The number of aromatic nitrogens is 2. The first-order valence-corrected chi connectivity index (χ1v) is 6.38. The highest BCUT2D eigenvalue weighted by Crippen LogP contribution is 2.32. The second-order valence-electron chi connectivity index (χ2n) is 3.83. The fraction of sp³-hybridized carbons (Fsp3) is 0.0833. The van der Waals surface area contributed by atoms with Gasteiger partial charge in [-0.15, -0.1) is 11.3 Å². The summed E-state index contributed by atoms with van der Waals surface area (Å²) >= 11 is 7.48. The van der Waals surface area contributed by atoms with Crippen LogP contribution >= 0.6 is 22.9 Å². The zero-order valence-electron chi connectivity index (χ0n) is 9.14. The van der Waals surface area contributed by atoms with E-state index in [-0.39, 0.29) is 0 Å². The summed E-state index contributed by atoms with van der Waals surface area (Å²) in [7, 11) is 1.98. The van der Waals surface area contributed by atoms with Crippen LogP contribution in [0.1, 0.15) is 0 Å². The first-order valence-electron chi connectivity index (χ1n) is 5.12. The average molecular weight is 264 g/mol. The van der Waals surface area contributed by atoms with Crippen molar-refractivity contribution in [2.75, 3.05) is 5.73 Å². The summed E-state index contributed by atoms with van der Waals surface area (Å²) in [5.41, 5.74) is 8.85. The number of aryl methyl sites for hydroxylation is 1. The molecular weight excluding hydrogens is 254 g/mol. The number of hydrogen-bond acceptors (Lipinski definition) is 3. The van der Waals surface area contributed by atoms with Gasteiger partial charge in [-0.05, 0) is 29.6 Å². The van der Waals surface area contributed by atoms with Crippen LogP contribution in [0.5, 0.6) is 0 Å². The lowest BCUT2D eigenvalue weighted by atomic mass is 10.3. The van der Waals surface area contributed by atoms with E-state index in [0.29, 0.717) is 5.02 Å². The lowest BCUT2D eigenvalue weighted by molar-refractivity contribution is 0.961. The van der Waals surface area contributed by atoms with Gasteiger partial charge in [0.05, 0.1) is 21.6 Å². The van der Waals surface area contributed by atoms with Gasteiger partial charge in [-0.3, -0.25) is 0 Å². The highest BCUT2D eigenvalue weighted by atomic mass is 35.5. The predicted molar refractivity (Wildman–Crippen MR) is 73.4 cm³/mol. The molecule has 0 aliphatic rings. The number of benzene rings is 1. The van der Waals surface area contributed by atoms with Crippen LogP contribution in [0.15, 0.2) is 29.6 Å². The molecule has 17 heavy (non-hydrogen) atoms. The SMILES string of the molecule is Cn1c(-c2ccsc2N)nc2cc(Cl)ccc21. The number of anilines is 1. The molecule has 86 valence electrons. The van der Waals surface area contributed by atoms with Crippen molar-refractivity contribution >= 4 is 39.0 Å². The molecule has 0 atom stereocenters. The summed E-state index contributed by atoms with van der Waals surface area (Å²) < 4.78 is 2.03. The van der Waals surface area contributed by atoms with E-state index in [1.165, 1.54) is 11.3 Å². The van der Waals surface area contributed by atoms with Crippen molar-refractivity contribution in [3.63, 3.8) is 0 Å². The maximum Gasteiger partial charge on any atom is 0.143 e. The second-order valence-corrected chi connectivity index (χ2v) is 5.21. The summed E-state index contributed by atoms with van der Waals surface area (Å²) in [6.45, 7) is 0. The van der Waals surface area contributed by atoms with Crippen LogP contribution in [-0.4, -0.2) is 9.55 Å². The molecule has 3 aromatic rings. The number of nitrogens with zero attached hydrogens (tertiary/aromatic N) is 2. The van der Waals surface area contributed by atoms with Crippen molar-refractivity contribution in [2.45, 2.75) is 0 Å². The minimum atomic E-state index is 0.695. The van der Waals surface area contributed by atoms with Crippen LogP contribution in [0.4, 0.5) is 5.00 Å². The zero-order chi connectivity index (χ0) is 12.0. The lowest BCUT2D eigenvalue weighted by Gasteiger charge is -2.00. The zero-order valence-corrected chi connectivity index (χ0v) is 10.7. The smallest absolute Gasteiger partial charge is 0.143 e. The lowest BCUT2D eigenvalue weighted by Crippen LogP contribution is -1.93. The Labute approximate surface area is 107 Å². The van der Waals surface area contributed by atoms with Crippen molar-refractivity contribution in [3.05, 3.63) is 34.7 Å². The van der Waals surface area contributed by atoms with Crippen LogP contribution in [0, 0.1) is 0 Å². The highest BCUT2D eigenvalue weighted by Gasteiger charge is 2.12. The number of imidazole rings is 1. The molecule has 3 rings (SSSR count). The number of halogens is 1. The van der Waals surface area contributed by atoms with Gasteiger partial charge >= 0.3 is 0 Å². The van der Waals surface area contributed by atoms with Crippen LogP contribution in [0.25, 0.3) is 22.4 Å². The maximum atomic E-state index is 5.96. The summed E-state index contributed by atoms with van der Waals surface area (Å²) in [6, 6.07) is 7.69. The van der Waals surface area contributed by atoms with Crippen molar-refractivity contribution < 1.29 is 0 Å². The molecule has 0 spiro atoms. The van der Waals surface area contributed by atoms with Gasteiger partial charge in [-0.1, -0.05) is 11.6 Å². The third-order valence-electron chi connectivity index (χ3n) is 2.78. The average Bonchev–Trinajstić information content (AvgIpc) is 2.83. The molecule has 0 saturated heterocycles. The molecule has 1 aromatic carbocycles. The molecule has 2 aromatic heterocycles. The minimum absolute atomic E-state index is 0.695. The van der Waals surface area contributed by atoms with Gasteiger partial charge < -0.3 is 10.3 Å². The molecule has 3 nitrogen and oxygen atoms in total. The molecule has 5 heteroatoms. The van der Waals surface area contributed by atoms with Crippen molar-refractivity contribution in [1.29, 1.82) is 0 Å². The number of thiophene rings is 1. The van der Waals surface area contributed by atoms with Crippen molar-refractivity contribution in [1.82, 2.24) is 9.55 Å². The molecule has 0 bridgehead atoms. The van der Waals surface area contributed by atoms with E-state index in [2.05, 4.69) is 4.98 Å². The fourth-order valence-corrected chi connectivity index (χ4v) is 2.72.